The molecule has 0 aliphatic heterocycles. The minimum Gasteiger partial charge on any atom is -0.334 e. The molecule has 0 radical (unpaired) electrons. The maximum Gasteiger partial charge on any atom is 0.320 e. The summed E-state index contributed by atoms with van der Waals surface area (Å²) in [4.78, 5) is 16.6. The third-order valence-electron chi connectivity index (χ3n) is 4.01. The van der Waals surface area contributed by atoms with E-state index in [9.17, 15) is 4.79 Å². The molecular formula is C20H17N5O. The molecule has 2 aromatic heterocycles. The molecule has 2 N–H and O–H groups in total. The predicted molar refractivity (Wildman–Crippen MR) is 101 cm³/mol. The molecule has 4 aromatic rings. The molecule has 0 unspecified atom stereocenters. The molecule has 0 saturated heterocycles. The standard InChI is InChI=1S/C20H17N5O/c26-20(22-14-16-7-4-6-15-8-5-12-21-19(15)16)23-18-11-13-25(24-18)17-9-2-1-3-10-17/h1-13H,14H2,(H2,22,23,24,26). The van der Waals surface area contributed by atoms with Crippen LogP contribution in [0.3, 0.4) is 0 Å². The molecule has 0 bridgehead atoms. The number of fused-ring (bicyclic) bond motifs is 1. The minimum absolute atomic E-state index is 0.309. The zero-order valence-electron chi connectivity index (χ0n) is 14.0. The molecule has 0 fully saturated rings. The van der Waals surface area contributed by atoms with Crippen LogP contribution in [0.25, 0.3) is 16.6 Å². The number of hydrogen-bond donors (Lipinski definition) is 2. The number of pyridine rings is 1. The van der Waals surface area contributed by atoms with Crippen molar-refractivity contribution in [2.75, 3.05) is 5.32 Å². The lowest BCUT2D eigenvalue weighted by Crippen LogP contribution is -2.28. The van der Waals surface area contributed by atoms with Gasteiger partial charge in [0.15, 0.2) is 5.82 Å². The molecule has 2 heterocycles. The minimum atomic E-state index is -0.309. The van der Waals surface area contributed by atoms with E-state index in [-0.39, 0.29) is 6.03 Å². The largest absolute Gasteiger partial charge is 0.334 e. The summed E-state index contributed by atoms with van der Waals surface area (Å²) >= 11 is 0. The molecule has 0 atom stereocenters. The number of rotatable bonds is 4. The van der Waals surface area contributed by atoms with Crippen molar-refractivity contribution in [2.24, 2.45) is 0 Å². The second-order valence-corrected chi connectivity index (χ2v) is 5.78. The molecule has 26 heavy (non-hydrogen) atoms. The average molecular weight is 343 g/mol. The van der Waals surface area contributed by atoms with Gasteiger partial charge in [0, 0.05) is 30.4 Å². The molecule has 0 aliphatic rings. The summed E-state index contributed by atoms with van der Waals surface area (Å²) in [6.07, 6.45) is 3.56. The summed E-state index contributed by atoms with van der Waals surface area (Å²) in [5.74, 6) is 0.488. The van der Waals surface area contributed by atoms with Gasteiger partial charge in [-0.3, -0.25) is 10.3 Å². The smallest absolute Gasteiger partial charge is 0.320 e. The van der Waals surface area contributed by atoms with E-state index in [0.29, 0.717) is 12.4 Å². The lowest BCUT2D eigenvalue weighted by Gasteiger charge is -2.08. The quantitative estimate of drug-likeness (QED) is 0.593. The van der Waals surface area contributed by atoms with E-state index in [1.54, 1.807) is 23.1 Å². The van der Waals surface area contributed by atoms with E-state index in [1.165, 1.54) is 0 Å². The molecule has 128 valence electrons. The van der Waals surface area contributed by atoms with Crippen LogP contribution in [0.2, 0.25) is 0 Å². The van der Waals surface area contributed by atoms with E-state index in [0.717, 1.165) is 22.2 Å². The fraction of sp³-hybridized carbons (Fsp3) is 0.0500. The van der Waals surface area contributed by atoms with Crippen molar-refractivity contribution in [1.29, 1.82) is 0 Å². The Morgan fingerprint density at radius 1 is 0.962 bits per heavy atom. The van der Waals surface area contributed by atoms with Crippen LogP contribution in [-0.4, -0.2) is 20.8 Å². The van der Waals surface area contributed by atoms with Gasteiger partial charge in [-0.15, -0.1) is 5.10 Å². The van der Waals surface area contributed by atoms with E-state index in [2.05, 4.69) is 20.7 Å². The molecule has 4 rings (SSSR count). The highest BCUT2D eigenvalue weighted by Crippen LogP contribution is 2.15. The van der Waals surface area contributed by atoms with Crippen LogP contribution in [0.1, 0.15) is 5.56 Å². The molecule has 2 aromatic carbocycles. The highest BCUT2D eigenvalue weighted by molar-refractivity contribution is 5.88. The van der Waals surface area contributed by atoms with Crippen LogP contribution in [0.5, 0.6) is 0 Å². The Bertz CT molecular complexity index is 1040. The van der Waals surface area contributed by atoms with Gasteiger partial charge in [0.05, 0.1) is 11.2 Å². The topological polar surface area (TPSA) is 71.8 Å². The molecule has 0 aliphatic carbocycles. The van der Waals surface area contributed by atoms with Gasteiger partial charge in [0.2, 0.25) is 0 Å². The van der Waals surface area contributed by atoms with E-state index < -0.39 is 0 Å². The van der Waals surface area contributed by atoms with Gasteiger partial charge < -0.3 is 5.32 Å². The average Bonchev–Trinajstić information content (AvgIpc) is 3.15. The monoisotopic (exact) mass is 343 g/mol. The summed E-state index contributed by atoms with van der Waals surface area (Å²) in [5.41, 5.74) is 2.79. The summed E-state index contributed by atoms with van der Waals surface area (Å²) in [7, 11) is 0. The number of hydrogen-bond acceptors (Lipinski definition) is 3. The fourth-order valence-electron chi connectivity index (χ4n) is 2.76. The van der Waals surface area contributed by atoms with Crippen LogP contribution in [-0.2, 0) is 6.54 Å². The lowest BCUT2D eigenvalue weighted by molar-refractivity contribution is 0.251. The Kier molecular flexibility index (Phi) is 4.30. The summed E-state index contributed by atoms with van der Waals surface area (Å²) < 4.78 is 1.71. The number of carbonyl (C=O) groups is 1. The Balaban J connectivity index is 1.41. The Morgan fingerprint density at radius 3 is 2.69 bits per heavy atom. The van der Waals surface area contributed by atoms with E-state index in [4.69, 9.17) is 0 Å². The van der Waals surface area contributed by atoms with Gasteiger partial charge >= 0.3 is 6.03 Å². The predicted octanol–water partition coefficient (Wildman–Crippen LogP) is 3.74. The van der Waals surface area contributed by atoms with Gasteiger partial charge in [-0.05, 0) is 23.8 Å². The second kappa shape index (κ2) is 7.06. The van der Waals surface area contributed by atoms with Crippen LogP contribution in [0, 0.1) is 0 Å². The lowest BCUT2D eigenvalue weighted by atomic mass is 10.1. The van der Waals surface area contributed by atoms with Crippen LogP contribution in [0.15, 0.2) is 79.1 Å². The first-order valence-corrected chi connectivity index (χ1v) is 8.28. The van der Waals surface area contributed by atoms with E-state index in [1.807, 2.05) is 60.7 Å². The van der Waals surface area contributed by atoms with Crippen molar-refractivity contribution < 1.29 is 4.79 Å². The molecular weight excluding hydrogens is 326 g/mol. The zero-order chi connectivity index (χ0) is 17.8. The molecule has 6 heteroatoms. The maximum atomic E-state index is 12.2. The summed E-state index contributed by atoms with van der Waals surface area (Å²) in [5, 5.41) is 11.0. The van der Waals surface area contributed by atoms with Crippen LogP contribution >= 0.6 is 0 Å². The number of carbonyl (C=O) groups excluding carboxylic acids is 1. The fourth-order valence-corrected chi connectivity index (χ4v) is 2.76. The van der Waals surface area contributed by atoms with Gasteiger partial charge in [-0.1, -0.05) is 42.5 Å². The van der Waals surface area contributed by atoms with E-state index >= 15 is 0 Å². The van der Waals surface area contributed by atoms with Crippen LogP contribution < -0.4 is 10.6 Å². The zero-order valence-corrected chi connectivity index (χ0v) is 14.0. The van der Waals surface area contributed by atoms with Gasteiger partial charge in [0.25, 0.3) is 0 Å². The van der Waals surface area contributed by atoms with Crippen molar-refractivity contribution in [3.05, 3.63) is 84.7 Å². The number of aromatic nitrogens is 3. The number of nitrogens with one attached hydrogen (secondary N) is 2. The molecule has 6 nitrogen and oxygen atoms in total. The van der Waals surface area contributed by atoms with Gasteiger partial charge in [-0.2, -0.15) is 0 Å². The van der Waals surface area contributed by atoms with Crippen molar-refractivity contribution in [3.8, 4) is 5.69 Å². The normalized spacial score (nSPS) is 10.6. The number of para-hydroxylation sites is 2. The SMILES string of the molecule is O=C(NCc1cccc2cccnc12)Nc1ccn(-c2ccccc2)n1. The first-order valence-electron chi connectivity index (χ1n) is 8.28. The number of urea groups is 1. The summed E-state index contributed by atoms with van der Waals surface area (Å²) in [6.45, 7) is 0.388. The second-order valence-electron chi connectivity index (χ2n) is 5.78. The number of benzene rings is 2. The molecule has 2 amide bonds. The number of nitrogens with zero attached hydrogens (tertiary/aromatic N) is 3. The Labute approximate surface area is 150 Å². The Morgan fingerprint density at radius 2 is 1.81 bits per heavy atom. The van der Waals surface area contributed by atoms with Gasteiger partial charge in [-0.25, -0.2) is 9.48 Å². The Hall–Kier alpha value is -3.67. The van der Waals surface area contributed by atoms with Crippen LogP contribution in [0.4, 0.5) is 10.6 Å². The van der Waals surface area contributed by atoms with Crippen molar-refractivity contribution in [2.45, 2.75) is 6.54 Å². The highest BCUT2D eigenvalue weighted by Gasteiger charge is 2.07. The van der Waals surface area contributed by atoms with Crippen molar-refractivity contribution >= 4 is 22.8 Å². The summed E-state index contributed by atoms with van der Waals surface area (Å²) in [6, 6.07) is 21.0. The number of amides is 2. The van der Waals surface area contributed by atoms with Crippen molar-refractivity contribution in [3.63, 3.8) is 0 Å². The highest BCUT2D eigenvalue weighted by atomic mass is 16.2. The molecule has 0 saturated carbocycles. The first-order chi connectivity index (χ1) is 12.8. The molecule has 0 spiro atoms. The number of anilines is 1. The first kappa shape index (κ1) is 15.8. The van der Waals surface area contributed by atoms with Crippen molar-refractivity contribution in [1.82, 2.24) is 20.1 Å². The third kappa shape index (κ3) is 3.39. The van der Waals surface area contributed by atoms with Gasteiger partial charge in [0.1, 0.15) is 0 Å². The maximum absolute atomic E-state index is 12.2. The third-order valence-corrected chi connectivity index (χ3v) is 4.01.